The van der Waals surface area contributed by atoms with Crippen molar-refractivity contribution in [3.05, 3.63) is 0 Å². The second-order valence-corrected chi connectivity index (χ2v) is 2.63. The summed E-state index contributed by atoms with van der Waals surface area (Å²) in [5.41, 5.74) is 0. The first kappa shape index (κ1) is 4.47. The summed E-state index contributed by atoms with van der Waals surface area (Å²) >= 11 is 0. The summed E-state index contributed by atoms with van der Waals surface area (Å²) in [7, 11) is -3.27. The molecule has 1 aliphatic heterocycles. The molecule has 1 heterocycles. The van der Waals surface area contributed by atoms with E-state index in [9.17, 15) is 8.42 Å². The molecule has 0 unspecified atom stereocenters. The third kappa shape index (κ3) is 0.842. The zero-order chi connectivity index (χ0) is 5.33. The summed E-state index contributed by atoms with van der Waals surface area (Å²) in [5, 5.41) is 0. The Morgan fingerprint density at radius 1 is 1.57 bits per heavy atom. The van der Waals surface area contributed by atoms with Crippen LogP contribution in [-0.2, 0) is 14.3 Å². The van der Waals surface area contributed by atoms with Crippen LogP contribution in [0.4, 0.5) is 0 Å². The van der Waals surface area contributed by atoms with Gasteiger partial charge in [-0.05, 0) is 5.92 Å². The van der Waals surface area contributed by atoms with Crippen LogP contribution in [-0.4, -0.2) is 14.2 Å². The van der Waals surface area contributed by atoms with E-state index >= 15 is 0 Å². The van der Waals surface area contributed by atoms with Crippen molar-refractivity contribution < 1.29 is 12.6 Å². The molecule has 0 aliphatic carbocycles. The zero-order valence-corrected chi connectivity index (χ0v) is 4.16. The van der Waals surface area contributed by atoms with Gasteiger partial charge in [0.05, 0.1) is 0 Å². The van der Waals surface area contributed by atoms with E-state index in [0.29, 0.717) is 0 Å². The van der Waals surface area contributed by atoms with E-state index in [4.69, 9.17) is 0 Å². The Kier molecular flexibility index (Phi) is 0.726. The summed E-state index contributed by atoms with van der Waals surface area (Å²) in [6.45, 7) is 0. The highest BCUT2D eigenvalue weighted by molar-refractivity contribution is 7.87. The third-order valence-corrected chi connectivity index (χ3v) is 1.32. The molecule has 0 N–H and O–H groups in total. The van der Waals surface area contributed by atoms with Gasteiger partial charge in [-0.3, -0.25) is 0 Å². The minimum Gasteiger partial charge on any atom is -0.327 e. The van der Waals surface area contributed by atoms with Gasteiger partial charge in [-0.1, -0.05) is 0 Å². The van der Waals surface area contributed by atoms with Gasteiger partial charge in [0.2, 0.25) is 0 Å². The maximum atomic E-state index is 10.1. The molecular weight excluding hydrogens is 116 g/mol. The summed E-state index contributed by atoms with van der Waals surface area (Å²) in [4.78, 5) is 0. The first-order valence-corrected chi connectivity index (χ1v) is 3.17. The third-order valence-electron chi connectivity index (χ3n) is 0.490. The lowest BCUT2D eigenvalue weighted by Gasteiger charge is -1.83. The molecule has 7 heavy (non-hydrogen) atoms. The molecule has 1 aliphatic rings. The van der Waals surface area contributed by atoms with Gasteiger partial charge in [-0.2, -0.15) is 8.42 Å². The van der Waals surface area contributed by atoms with Crippen molar-refractivity contribution in [3.63, 3.8) is 0 Å². The molecule has 4 heteroatoms. The van der Waals surface area contributed by atoms with Gasteiger partial charge in [0.15, 0.2) is 5.75 Å². The molecule has 0 saturated heterocycles. The van der Waals surface area contributed by atoms with Crippen LogP contribution in [0.5, 0.6) is 0 Å². The van der Waals surface area contributed by atoms with Crippen LogP contribution < -0.4 is 0 Å². The van der Waals surface area contributed by atoms with E-state index in [0.717, 1.165) is 0 Å². The molecule has 3 nitrogen and oxygen atoms in total. The van der Waals surface area contributed by atoms with Crippen molar-refractivity contribution in [2.75, 3.05) is 5.75 Å². The SMILES string of the molecule is O=S1(=O)CC#CO1. The lowest BCUT2D eigenvalue weighted by atomic mass is 10.8. The average molecular weight is 118 g/mol. The summed E-state index contributed by atoms with van der Waals surface area (Å²) < 4.78 is 24.1. The zero-order valence-electron chi connectivity index (χ0n) is 3.34. The maximum absolute atomic E-state index is 10.1. The van der Waals surface area contributed by atoms with Crippen molar-refractivity contribution >= 4 is 10.1 Å². The molecule has 0 aromatic rings. The highest BCUT2D eigenvalue weighted by Crippen LogP contribution is 1.94. The minimum atomic E-state index is -3.27. The van der Waals surface area contributed by atoms with E-state index in [-0.39, 0.29) is 5.75 Å². The first-order valence-electron chi connectivity index (χ1n) is 1.60. The van der Waals surface area contributed by atoms with Gasteiger partial charge in [0.25, 0.3) is 0 Å². The second-order valence-electron chi connectivity index (χ2n) is 1.06. The van der Waals surface area contributed by atoms with Crippen LogP contribution in [0, 0.1) is 12.0 Å². The van der Waals surface area contributed by atoms with Gasteiger partial charge in [0.1, 0.15) is 6.11 Å². The fourth-order valence-corrected chi connectivity index (χ4v) is 0.721. The molecule has 0 spiro atoms. The predicted octanol–water partition coefficient (Wildman–Crippen LogP) is -0.693. The van der Waals surface area contributed by atoms with Gasteiger partial charge in [0, 0.05) is 0 Å². The van der Waals surface area contributed by atoms with Gasteiger partial charge < -0.3 is 4.18 Å². The van der Waals surface area contributed by atoms with Crippen LogP contribution in [0.25, 0.3) is 0 Å². The van der Waals surface area contributed by atoms with Crippen LogP contribution in [0.3, 0.4) is 0 Å². The molecule has 0 bridgehead atoms. The van der Waals surface area contributed by atoms with Crippen molar-refractivity contribution in [2.45, 2.75) is 0 Å². The maximum Gasteiger partial charge on any atom is 0.328 e. The second kappa shape index (κ2) is 1.14. The molecule has 0 atom stereocenters. The van der Waals surface area contributed by atoms with Crippen molar-refractivity contribution in [1.82, 2.24) is 0 Å². The van der Waals surface area contributed by atoms with Crippen LogP contribution in [0.2, 0.25) is 0 Å². The quantitative estimate of drug-likeness (QED) is 0.312. The predicted molar refractivity (Wildman–Crippen MR) is 22.6 cm³/mol. The van der Waals surface area contributed by atoms with E-state index in [1.54, 1.807) is 0 Å². The Balaban J connectivity index is 2.92. The minimum absolute atomic E-state index is 0.160. The topological polar surface area (TPSA) is 43.4 Å². The first-order chi connectivity index (χ1) is 3.21. The van der Waals surface area contributed by atoms with Gasteiger partial charge in [-0.15, -0.1) is 0 Å². The fraction of sp³-hybridized carbons (Fsp3) is 0.333. The molecule has 0 amide bonds. The van der Waals surface area contributed by atoms with E-state index < -0.39 is 10.1 Å². The summed E-state index contributed by atoms with van der Waals surface area (Å²) in [6, 6.07) is 0. The highest BCUT2D eigenvalue weighted by atomic mass is 32.2. The van der Waals surface area contributed by atoms with E-state index in [1.807, 2.05) is 6.11 Å². The molecule has 0 aromatic carbocycles. The highest BCUT2D eigenvalue weighted by Gasteiger charge is 2.11. The standard InChI is InChI=1S/C3H2O3S/c4-7(5)3-1-2-6-7/h3H2. The Labute approximate surface area is 41.4 Å². The lowest BCUT2D eigenvalue weighted by Crippen LogP contribution is -1.98. The Morgan fingerprint density at radius 2 is 2.29 bits per heavy atom. The molecule has 38 valence electrons. The molecule has 0 saturated carbocycles. The van der Waals surface area contributed by atoms with Crippen molar-refractivity contribution in [3.8, 4) is 12.0 Å². The Morgan fingerprint density at radius 3 is 2.43 bits per heavy atom. The van der Waals surface area contributed by atoms with Crippen molar-refractivity contribution in [2.24, 2.45) is 0 Å². The summed E-state index contributed by atoms with van der Waals surface area (Å²) in [6.07, 6.45) is 1.97. The van der Waals surface area contributed by atoms with Gasteiger partial charge in [-0.25, -0.2) is 0 Å². The average Bonchev–Trinajstić information content (AvgIpc) is 1.84. The monoisotopic (exact) mass is 118 g/mol. The lowest BCUT2D eigenvalue weighted by molar-refractivity contribution is 0.476. The molecule has 0 radical (unpaired) electrons. The smallest absolute Gasteiger partial charge is 0.327 e. The molecule has 0 fully saturated rings. The number of hydrogen-bond acceptors (Lipinski definition) is 3. The van der Waals surface area contributed by atoms with Crippen molar-refractivity contribution in [1.29, 1.82) is 0 Å². The largest absolute Gasteiger partial charge is 0.328 e. The molecule has 0 aromatic heterocycles. The van der Waals surface area contributed by atoms with Crippen LogP contribution in [0.1, 0.15) is 0 Å². The van der Waals surface area contributed by atoms with Crippen LogP contribution >= 0.6 is 0 Å². The Bertz CT molecular complexity index is 198. The molecule has 1 rings (SSSR count). The Hall–Kier alpha value is -0.690. The van der Waals surface area contributed by atoms with E-state index in [1.165, 1.54) is 0 Å². The van der Waals surface area contributed by atoms with E-state index in [2.05, 4.69) is 10.1 Å². The summed E-state index contributed by atoms with van der Waals surface area (Å²) in [5.74, 6) is 2.09. The van der Waals surface area contributed by atoms with Gasteiger partial charge >= 0.3 is 10.1 Å². The fourth-order valence-electron chi connectivity index (χ4n) is 0.240. The normalized spacial score (nSPS) is 22.3. The number of hydrogen-bond donors (Lipinski definition) is 0. The molecular formula is C3H2O3S. The van der Waals surface area contributed by atoms with Crippen LogP contribution in [0.15, 0.2) is 0 Å². The number of rotatable bonds is 0.